The van der Waals surface area contributed by atoms with Crippen LogP contribution in [0.3, 0.4) is 0 Å². The highest BCUT2D eigenvalue weighted by Gasteiger charge is 2.11. The highest BCUT2D eigenvalue weighted by Crippen LogP contribution is 2.29. The zero-order valence-electron chi connectivity index (χ0n) is 16.8. The number of carbonyl (C=O) groups is 1. The van der Waals surface area contributed by atoms with Crippen LogP contribution in [0.2, 0.25) is 5.02 Å². The Labute approximate surface area is 180 Å². The number of benzene rings is 3. The van der Waals surface area contributed by atoms with E-state index in [1.54, 1.807) is 12.1 Å². The Morgan fingerprint density at radius 2 is 1.87 bits per heavy atom. The molecule has 3 aromatic carbocycles. The van der Waals surface area contributed by atoms with E-state index in [0.29, 0.717) is 28.2 Å². The molecule has 0 saturated carbocycles. The Bertz CT molecular complexity index is 1150. The first-order valence-corrected chi connectivity index (χ1v) is 10.1. The number of amides is 1. The van der Waals surface area contributed by atoms with Crippen molar-refractivity contribution in [3.05, 3.63) is 77.3 Å². The van der Waals surface area contributed by atoms with Crippen molar-refractivity contribution in [1.29, 1.82) is 0 Å². The number of nitrogens with zero attached hydrogens (tertiary/aromatic N) is 1. The lowest BCUT2D eigenvalue weighted by Crippen LogP contribution is -2.20. The number of hydrogen-bond donors (Lipinski definition) is 2. The number of imidazole rings is 1. The first-order chi connectivity index (χ1) is 14.5. The second kappa shape index (κ2) is 8.59. The Morgan fingerprint density at radius 1 is 1.10 bits per heavy atom. The van der Waals surface area contributed by atoms with Crippen molar-refractivity contribution in [2.45, 2.75) is 19.8 Å². The molecule has 4 rings (SSSR count). The maximum atomic E-state index is 12.4. The van der Waals surface area contributed by atoms with Crippen LogP contribution >= 0.6 is 11.6 Å². The van der Waals surface area contributed by atoms with Gasteiger partial charge in [0.1, 0.15) is 11.6 Å². The van der Waals surface area contributed by atoms with Gasteiger partial charge in [0.05, 0.1) is 21.7 Å². The third-order valence-electron chi connectivity index (χ3n) is 4.82. The number of rotatable bonds is 6. The van der Waals surface area contributed by atoms with E-state index in [-0.39, 0.29) is 12.5 Å². The number of aromatic amines is 1. The van der Waals surface area contributed by atoms with E-state index in [1.165, 1.54) is 5.56 Å². The number of nitrogens with one attached hydrogen (secondary N) is 2. The van der Waals surface area contributed by atoms with Crippen LogP contribution in [0.25, 0.3) is 22.4 Å². The lowest BCUT2D eigenvalue weighted by molar-refractivity contribution is -0.118. The predicted octanol–water partition coefficient (Wildman–Crippen LogP) is 6.02. The molecule has 0 bridgehead atoms. The number of fused-ring (bicyclic) bond motifs is 1. The molecule has 0 radical (unpaired) electrons. The van der Waals surface area contributed by atoms with Gasteiger partial charge in [0.15, 0.2) is 6.61 Å². The summed E-state index contributed by atoms with van der Waals surface area (Å²) in [5, 5.41) is 3.27. The Morgan fingerprint density at radius 3 is 2.60 bits per heavy atom. The van der Waals surface area contributed by atoms with Crippen molar-refractivity contribution in [3.8, 4) is 17.1 Å². The molecule has 152 valence electrons. The van der Waals surface area contributed by atoms with Gasteiger partial charge in [-0.15, -0.1) is 0 Å². The molecule has 30 heavy (non-hydrogen) atoms. The number of hydrogen-bond acceptors (Lipinski definition) is 3. The second-order valence-corrected chi connectivity index (χ2v) is 7.76. The van der Waals surface area contributed by atoms with E-state index in [2.05, 4.69) is 29.1 Å². The highest BCUT2D eigenvalue weighted by atomic mass is 35.5. The molecule has 6 heteroatoms. The summed E-state index contributed by atoms with van der Waals surface area (Å²) in [5.74, 6) is 1.52. The van der Waals surface area contributed by atoms with E-state index < -0.39 is 0 Å². The molecule has 1 heterocycles. The third-order valence-corrected chi connectivity index (χ3v) is 5.15. The summed E-state index contributed by atoms with van der Waals surface area (Å²) in [4.78, 5) is 20.3. The fraction of sp³-hybridized carbons (Fsp3) is 0.167. The molecule has 0 aliphatic carbocycles. The number of para-hydroxylation sites is 2. The number of H-pyrrole nitrogens is 1. The van der Waals surface area contributed by atoms with Crippen molar-refractivity contribution in [3.63, 3.8) is 0 Å². The lowest BCUT2D eigenvalue weighted by atomic mass is 10.0. The van der Waals surface area contributed by atoms with Gasteiger partial charge in [-0.2, -0.15) is 0 Å². The third kappa shape index (κ3) is 4.47. The smallest absolute Gasteiger partial charge is 0.262 e. The molecule has 5 nitrogen and oxygen atoms in total. The topological polar surface area (TPSA) is 67.0 Å². The number of carbonyl (C=O) groups excluding carboxylic acids is 1. The molecule has 0 fully saturated rings. The molecule has 0 unspecified atom stereocenters. The molecule has 0 aliphatic heterocycles. The monoisotopic (exact) mass is 419 g/mol. The van der Waals surface area contributed by atoms with Gasteiger partial charge >= 0.3 is 0 Å². The van der Waals surface area contributed by atoms with Gasteiger partial charge in [-0.1, -0.05) is 49.7 Å². The normalized spacial score (nSPS) is 11.1. The Balaban J connectivity index is 1.44. The van der Waals surface area contributed by atoms with Crippen LogP contribution in [-0.4, -0.2) is 22.5 Å². The van der Waals surface area contributed by atoms with Crippen molar-refractivity contribution in [2.75, 3.05) is 11.9 Å². The van der Waals surface area contributed by atoms with Gasteiger partial charge in [-0.25, -0.2) is 4.98 Å². The fourth-order valence-corrected chi connectivity index (χ4v) is 3.31. The van der Waals surface area contributed by atoms with E-state index in [1.807, 2.05) is 54.6 Å². The van der Waals surface area contributed by atoms with Gasteiger partial charge < -0.3 is 15.0 Å². The highest BCUT2D eigenvalue weighted by molar-refractivity contribution is 6.33. The second-order valence-electron chi connectivity index (χ2n) is 7.36. The SMILES string of the molecule is CC(C)c1ccc(OCC(=O)Nc2cc(-c3nc4ccccc4[nH]3)ccc2Cl)cc1. The summed E-state index contributed by atoms with van der Waals surface area (Å²) in [7, 11) is 0. The van der Waals surface area contributed by atoms with Gasteiger partial charge in [-0.3, -0.25) is 4.79 Å². The molecular formula is C24H22ClN3O2. The minimum absolute atomic E-state index is 0.105. The fourth-order valence-electron chi connectivity index (χ4n) is 3.14. The molecule has 0 atom stereocenters. The standard InChI is InChI=1S/C24H22ClN3O2/c1-15(2)16-7-10-18(11-8-16)30-14-23(29)26-22-13-17(9-12-19(22)25)24-27-20-5-3-4-6-21(20)28-24/h3-13,15H,14H2,1-2H3,(H,26,29)(H,27,28). The number of aromatic nitrogens is 2. The van der Waals surface area contributed by atoms with Crippen LogP contribution in [0, 0.1) is 0 Å². The summed E-state index contributed by atoms with van der Waals surface area (Å²) >= 11 is 6.28. The summed E-state index contributed by atoms with van der Waals surface area (Å²) in [6, 6.07) is 21.0. The maximum absolute atomic E-state index is 12.4. The van der Waals surface area contributed by atoms with Gasteiger partial charge in [-0.05, 0) is 53.9 Å². The first kappa shape index (κ1) is 20.0. The largest absolute Gasteiger partial charge is 0.484 e. The minimum Gasteiger partial charge on any atom is -0.484 e. The average Bonchev–Trinajstić information content (AvgIpc) is 3.18. The molecule has 1 aromatic heterocycles. The number of anilines is 1. The lowest BCUT2D eigenvalue weighted by Gasteiger charge is -2.11. The molecule has 1 amide bonds. The number of halogens is 1. The van der Waals surface area contributed by atoms with Crippen LogP contribution in [0.15, 0.2) is 66.7 Å². The minimum atomic E-state index is -0.286. The van der Waals surface area contributed by atoms with Crippen molar-refractivity contribution in [2.24, 2.45) is 0 Å². The van der Waals surface area contributed by atoms with E-state index in [9.17, 15) is 4.79 Å². The molecular weight excluding hydrogens is 398 g/mol. The van der Waals surface area contributed by atoms with E-state index in [4.69, 9.17) is 16.3 Å². The predicted molar refractivity (Wildman–Crippen MR) is 121 cm³/mol. The average molecular weight is 420 g/mol. The molecule has 0 aliphatic rings. The zero-order chi connectivity index (χ0) is 21.1. The molecule has 0 saturated heterocycles. The van der Waals surface area contributed by atoms with Gasteiger partial charge in [0.25, 0.3) is 5.91 Å². The van der Waals surface area contributed by atoms with Crippen LogP contribution < -0.4 is 10.1 Å². The van der Waals surface area contributed by atoms with Crippen molar-refractivity contribution < 1.29 is 9.53 Å². The van der Waals surface area contributed by atoms with Crippen LogP contribution in [-0.2, 0) is 4.79 Å². The molecule has 4 aromatic rings. The molecule has 2 N–H and O–H groups in total. The van der Waals surface area contributed by atoms with Gasteiger partial charge in [0, 0.05) is 5.56 Å². The summed E-state index contributed by atoms with van der Waals surface area (Å²) in [6.07, 6.45) is 0. The quantitative estimate of drug-likeness (QED) is 0.401. The summed E-state index contributed by atoms with van der Waals surface area (Å²) in [5.41, 5.74) is 4.39. The summed E-state index contributed by atoms with van der Waals surface area (Å²) < 4.78 is 5.60. The van der Waals surface area contributed by atoms with Crippen LogP contribution in [0.4, 0.5) is 5.69 Å². The first-order valence-electron chi connectivity index (χ1n) is 9.77. The summed E-state index contributed by atoms with van der Waals surface area (Å²) in [6.45, 7) is 4.16. The Kier molecular flexibility index (Phi) is 5.72. The Hall–Kier alpha value is -3.31. The van der Waals surface area contributed by atoms with Gasteiger partial charge in [0.2, 0.25) is 0 Å². The number of ether oxygens (including phenoxy) is 1. The van der Waals surface area contributed by atoms with Crippen molar-refractivity contribution >= 4 is 34.2 Å². The molecule has 0 spiro atoms. The van der Waals surface area contributed by atoms with E-state index in [0.717, 1.165) is 16.6 Å². The maximum Gasteiger partial charge on any atom is 0.262 e. The van der Waals surface area contributed by atoms with Crippen LogP contribution in [0.1, 0.15) is 25.3 Å². The van der Waals surface area contributed by atoms with Crippen LogP contribution in [0.5, 0.6) is 5.75 Å². The van der Waals surface area contributed by atoms with Crippen molar-refractivity contribution in [1.82, 2.24) is 9.97 Å². The zero-order valence-corrected chi connectivity index (χ0v) is 17.5. The van der Waals surface area contributed by atoms with E-state index >= 15 is 0 Å².